The lowest BCUT2D eigenvalue weighted by molar-refractivity contribution is 0.101. The van der Waals surface area contributed by atoms with E-state index in [9.17, 15) is 9.18 Å². The van der Waals surface area contributed by atoms with E-state index in [0.29, 0.717) is 22.7 Å². The molecule has 0 fully saturated rings. The van der Waals surface area contributed by atoms with Crippen LogP contribution < -0.4 is 14.8 Å². The van der Waals surface area contributed by atoms with E-state index in [1.54, 1.807) is 24.3 Å². The number of ether oxygens (including phenoxy) is 2. The summed E-state index contributed by atoms with van der Waals surface area (Å²) in [5, 5.41) is 3.04. The highest BCUT2D eigenvalue weighted by atomic mass is 19.1. The van der Waals surface area contributed by atoms with Crippen LogP contribution in [0.5, 0.6) is 11.5 Å². The Hall–Kier alpha value is -2.56. The standard InChI is InChI=1S/C15H12FNO3/c1-9(18)10-4-11(16)6-13(5-10)17-12-2-3-14-15(7-12)20-8-19-14/h2-7,17H,8H2,1H3. The fraction of sp³-hybridized carbons (Fsp3) is 0.133. The van der Waals surface area contributed by atoms with Crippen LogP contribution in [0.4, 0.5) is 15.8 Å². The van der Waals surface area contributed by atoms with Crippen molar-refractivity contribution in [2.75, 3.05) is 12.1 Å². The van der Waals surface area contributed by atoms with Gasteiger partial charge in [-0.1, -0.05) is 0 Å². The zero-order valence-electron chi connectivity index (χ0n) is 10.8. The highest BCUT2D eigenvalue weighted by molar-refractivity contribution is 5.95. The third kappa shape index (κ3) is 2.42. The molecule has 0 atom stereocenters. The molecule has 3 rings (SSSR count). The fourth-order valence-electron chi connectivity index (χ4n) is 2.01. The van der Waals surface area contributed by atoms with E-state index < -0.39 is 5.82 Å². The van der Waals surface area contributed by atoms with Crippen LogP contribution in [0.25, 0.3) is 0 Å². The average Bonchev–Trinajstić information content (AvgIpc) is 2.85. The quantitative estimate of drug-likeness (QED) is 0.869. The lowest BCUT2D eigenvalue weighted by Gasteiger charge is -2.08. The Morgan fingerprint density at radius 3 is 2.70 bits per heavy atom. The predicted octanol–water partition coefficient (Wildman–Crippen LogP) is 3.50. The summed E-state index contributed by atoms with van der Waals surface area (Å²) >= 11 is 0. The number of hydrogen-bond acceptors (Lipinski definition) is 4. The fourth-order valence-corrected chi connectivity index (χ4v) is 2.01. The maximum Gasteiger partial charge on any atom is 0.231 e. The normalized spacial score (nSPS) is 12.3. The maximum absolute atomic E-state index is 13.5. The van der Waals surface area contributed by atoms with Crippen LogP contribution in [0.1, 0.15) is 17.3 Å². The lowest BCUT2D eigenvalue weighted by Crippen LogP contribution is -1.97. The van der Waals surface area contributed by atoms with Crippen molar-refractivity contribution in [3.8, 4) is 11.5 Å². The van der Waals surface area contributed by atoms with Crippen molar-refractivity contribution in [1.29, 1.82) is 0 Å². The van der Waals surface area contributed by atoms with Crippen LogP contribution >= 0.6 is 0 Å². The van der Waals surface area contributed by atoms with E-state index in [4.69, 9.17) is 9.47 Å². The number of benzene rings is 2. The Morgan fingerprint density at radius 2 is 1.90 bits per heavy atom. The predicted molar refractivity (Wildman–Crippen MR) is 72.3 cm³/mol. The molecule has 2 aromatic rings. The second-order valence-corrected chi connectivity index (χ2v) is 4.48. The Kier molecular flexibility index (Phi) is 3.02. The number of Topliss-reactive ketones (excluding diaryl/α,β-unsaturated/α-hetero) is 1. The van der Waals surface area contributed by atoms with Gasteiger partial charge in [-0.25, -0.2) is 4.39 Å². The number of ketones is 1. The number of anilines is 2. The first kappa shape index (κ1) is 12.5. The third-order valence-electron chi connectivity index (χ3n) is 2.97. The van der Waals surface area contributed by atoms with Crippen molar-refractivity contribution in [1.82, 2.24) is 0 Å². The van der Waals surface area contributed by atoms with Crippen molar-refractivity contribution < 1.29 is 18.7 Å². The molecule has 1 heterocycles. The summed E-state index contributed by atoms with van der Waals surface area (Å²) in [7, 11) is 0. The molecule has 1 N–H and O–H groups in total. The molecule has 0 spiro atoms. The van der Waals surface area contributed by atoms with Gasteiger partial charge in [0.2, 0.25) is 6.79 Å². The van der Waals surface area contributed by atoms with Gasteiger partial charge in [0.15, 0.2) is 17.3 Å². The Labute approximate surface area is 115 Å². The molecule has 0 saturated heterocycles. The van der Waals surface area contributed by atoms with Crippen LogP contribution in [0.2, 0.25) is 0 Å². The second kappa shape index (κ2) is 4.85. The van der Waals surface area contributed by atoms with Crippen molar-refractivity contribution in [2.45, 2.75) is 6.92 Å². The molecule has 0 amide bonds. The summed E-state index contributed by atoms with van der Waals surface area (Å²) in [5.41, 5.74) is 1.57. The minimum absolute atomic E-state index is 0.182. The zero-order valence-corrected chi connectivity index (χ0v) is 10.8. The zero-order chi connectivity index (χ0) is 14.1. The molecule has 0 saturated carbocycles. The van der Waals surface area contributed by atoms with E-state index in [0.717, 1.165) is 5.69 Å². The molecule has 1 aliphatic rings. The van der Waals surface area contributed by atoms with Gasteiger partial charge in [-0.3, -0.25) is 4.79 Å². The van der Waals surface area contributed by atoms with Crippen LogP contribution in [-0.2, 0) is 0 Å². The monoisotopic (exact) mass is 273 g/mol. The summed E-state index contributed by atoms with van der Waals surface area (Å²) in [5.74, 6) is 0.677. The highest BCUT2D eigenvalue weighted by Crippen LogP contribution is 2.35. The summed E-state index contributed by atoms with van der Waals surface area (Å²) in [4.78, 5) is 11.3. The van der Waals surface area contributed by atoms with Gasteiger partial charge >= 0.3 is 0 Å². The highest BCUT2D eigenvalue weighted by Gasteiger charge is 2.13. The number of carbonyl (C=O) groups excluding carboxylic acids is 1. The number of nitrogens with one attached hydrogen (secondary N) is 1. The van der Waals surface area contributed by atoms with Gasteiger partial charge in [0, 0.05) is 23.0 Å². The molecule has 0 aliphatic carbocycles. The van der Waals surface area contributed by atoms with Crippen molar-refractivity contribution in [3.05, 3.63) is 47.8 Å². The van der Waals surface area contributed by atoms with Crippen LogP contribution in [0.15, 0.2) is 36.4 Å². The molecule has 4 nitrogen and oxygen atoms in total. The SMILES string of the molecule is CC(=O)c1cc(F)cc(Nc2ccc3c(c2)OCO3)c1. The molecule has 0 aromatic heterocycles. The number of carbonyl (C=O) groups is 1. The van der Waals surface area contributed by atoms with Gasteiger partial charge in [0.25, 0.3) is 0 Å². The molecular formula is C15H12FNO3. The summed E-state index contributed by atoms with van der Waals surface area (Å²) < 4.78 is 24.0. The molecule has 2 aromatic carbocycles. The first-order chi connectivity index (χ1) is 9.61. The van der Waals surface area contributed by atoms with Gasteiger partial charge in [0.1, 0.15) is 5.82 Å². The van der Waals surface area contributed by atoms with Gasteiger partial charge in [-0.15, -0.1) is 0 Å². The average molecular weight is 273 g/mol. The molecule has 20 heavy (non-hydrogen) atoms. The minimum Gasteiger partial charge on any atom is -0.454 e. The van der Waals surface area contributed by atoms with E-state index in [1.807, 2.05) is 0 Å². The van der Waals surface area contributed by atoms with E-state index in [2.05, 4.69) is 5.32 Å². The van der Waals surface area contributed by atoms with E-state index >= 15 is 0 Å². The maximum atomic E-state index is 13.5. The molecule has 102 valence electrons. The summed E-state index contributed by atoms with van der Waals surface area (Å²) in [6.07, 6.45) is 0. The van der Waals surface area contributed by atoms with E-state index in [1.165, 1.54) is 19.1 Å². The topological polar surface area (TPSA) is 47.6 Å². The number of rotatable bonds is 3. The van der Waals surface area contributed by atoms with Crippen molar-refractivity contribution >= 4 is 17.2 Å². The number of hydrogen-bond donors (Lipinski definition) is 1. The third-order valence-corrected chi connectivity index (χ3v) is 2.97. The van der Waals surface area contributed by atoms with Crippen LogP contribution in [0.3, 0.4) is 0 Å². The Bertz CT molecular complexity index is 685. The Morgan fingerprint density at radius 1 is 1.10 bits per heavy atom. The van der Waals surface area contributed by atoms with Crippen LogP contribution in [0, 0.1) is 5.82 Å². The first-order valence-electron chi connectivity index (χ1n) is 6.10. The molecule has 1 aliphatic heterocycles. The molecule has 0 radical (unpaired) electrons. The van der Waals surface area contributed by atoms with Gasteiger partial charge in [0.05, 0.1) is 0 Å². The summed E-state index contributed by atoms with van der Waals surface area (Å²) in [6.45, 7) is 1.60. The molecule has 5 heteroatoms. The van der Waals surface area contributed by atoms with Crippen molar-refractivity contribution in [2.24, 2.45) is 0 Å². The van der Waals surface area contributed by atoms with E-state index in [-0.39, 0.29) is 12.6 Å². The van der Waals surface area contributed by atoms with Gasteiger partial charge < -0.3 is 14.8 Å². The molecule has 0 bridgehead atoms. The second-order valence-electron chi connectivity index (χ2n) is 4.48. The van der Waals surface area contributed by atoms with Gasteiger partial charge in [-0.2, -0.15) is 0 Å². The van der Waals surface area contributed by atoms with Crippen LogP contribution in [-0.4, -0.2) is 12.6 Å². The van der Waals surface area contributed by atoms with Crippen molar-refractivity contribution in [3.63, 3.8) is 0 Å². The largest absolute Gasteiger partial charge is 0.454 e. The molecule has 0 unspecified atom stereocenters. The smallest absolute Gasteiger partial charge is 0.231 e. The number of halogens is 1. The summed E-state index contributed by atoms with van der Waals surface area (Å²) in [6, 6.07) is 9.49. The minimum atomic E-state index is -0.457. The number of fused-ring (bicyclic) bond motifs is 1. The lowest BCUT2D eigenvalue weighted by atomic mass is 10.1. The first-order valence-corrected chi connectivity index (χ1v) is 6.10. The Balaban J connectivity index is 1.89. The molecular weight excluding hydrogens is 261 g/mol. The van der Waals surface area contributed by atoms with Gasteiger partial charge in [-0.05, 0) is 37.3 Å².